The molecule has 0 spiro atoms. The minimum Gasteiger partial charge on any atom is -0.324 e. The van der Waals surface area contributed by atoms with Crippen molar-refractivity contribution in [3.8, 4) is 0 Å². The van der Waals surface area contributed by atoms with E-state index >= 15 is 0 Å². The number of carbonyl (C=O) groups excluding carboxylic acids is 2. The van der Waals surface area contributed by atoms with E-state index in [1.54, 1.807) is 25.1 Å². The largest absolute Gasteiger partial charge is 0.324 e. The fraction of sp³-hybridized carbons (Fsp3) is 0.385. The van der Waals surface area contributed by atoms with E-state index in [9.17, 15) is 18.0 Å². The van der Waals surface area contributed by atoms with Crippen molar-refractivity contribution < 1.29 is 18.0 Å². The van der Waals surface area contributed by atoms with Gasteiger partial charge in [0.2, 0.25) is 21.8 Å². The van der Waals surface area contributed by atoms with Crippen molar-refractivity contribution in [3.63, 3.8) is 0 Å². The van der Waals surface area contributed by atoms with Crippen molar-refractivity contribution in [2.24, 2.45) is 0 Å². The van der Waals surface area contributed by atoms with E-state index in [2.05, 4.69) is 10.0 Å². The molecule has 1 saturated heterocycles. The average molecular weight is 343 g/mol. The molecule has 0 saturated carbocycles. The number of benzene rings is 1. The van der Waals surface area contributed by atoms with Crippen LogP contribution in [-0.2, 0) is 19.6 Å². The number of anilines is 2. The summed E-state index contributed by atoms with van der Waals surface area (Å²) in [6, 6.07) is 4.94. The van der Waals surface area contributed by atoms with E-state index in [1.165, 1.54) is 16.7 Å². The molecule has 0 radical (unpaired) electrons. The lowest BCUT2D eigenvalue weighted by Crippen LogP contribution is -2.34. The molecule has 0 unspecified atom stereocenters. The van der Waals surface area contributed by atoms with Gasteiger partial charge in [0, 0.05) is 5.69 Å². The zero-order valence-electron chi connectivity index (χ0n) is 12.3. The molecule has 1 fully saturated rings. The van der Waals surface area contributed by atoms with Gasteiger partial charge >= 0.3 is 0 Å². The first-order valence-electron chi connectivity index (χ1n) is 6.48. The van der Waals surface area contributed by atoms with Crippen LogP contribution in [0.5, 0.6) is 0 Å². The summed E-state index contributed by atoms with van der Waals surface area (Å²) in [5, 5.41) is 2.67. The van der Waals surface area contributed by atoms with E-state index < -0.39 is 10.0 Å². The minimum atomic E-state index is -3.39. The molecule has 0 atom stereocenters. The number of aryl methyl sites for hydroxylation is 1. The number of carbonyl (C=O) groups is 2. The Bertz CT molecular complexity index is 703. The van der Waals surface area contributed by atoms with Gasteiger partial charge in [-0.2, -0.15) is 0 Å². The second-order valence-corrected chi connectivity index (χ2v) is 7.72. The average Bonchev–Trinajstić information content (AvgIpc) is 2.77. The Morgan fingerprint density at radius 3 is 2.73 bits per heavy atom. The van der Waals surface area contributed by atoms with Crippen molar-refractivity contribution in [2.75, 3.05) is 34.5 Å². The maximum atomic E-state index is 11.9. The fourth-order valence-electron chi connectivity index (χ4n) is 1.92. The SMILES string of the molecule is Cc1ccc(NC(=O)CN2CSCC2=O)cc1NS(C)(=O)=O. The molecule has 9 heteroatoms. The second-order valence-electron chi connectivity index (χ2n) is 5.02. The second kappa shape index (κ2) is 6.57. The van der Waals surface area contributed by atoms with Crippen molar-refractivity contribution >= 4 is 45.0 Å². The van der Waals surface area contributed by atoms with Crippen molar-refractivity contribution in [2.45, 2.75) is 6.92 Å². The lowest BCUT2D eigenvalue weighted by Gasteiger charge is -2.15. The number of rotatable bonds is 5. The van der Waals surface area contributed by atoms with Crippen LogP contribution in [0.4, 0.5) is 11.4 Å². The van der Waals surface area contributed by atoms with Crippen LogP contribution < -0.4 is 10.0 Å². The Morgan fingerprint density at radius 2 is 2.14 bits per heavy atom. The molecule has 2 amide bonds. The predicted molar refractivity (Wildman–Crippen MR) is 87.3 cm³/mol. The highest BCUT2D eigenvalue weighted by Gasteiger charge is 2.22. The van der Waals surface area contributed by atoms with Gasteiger partial charge in [0.25, 0.3) is 0 Å². The summed E-state index contributed by atoms with van der Waals surface area (Å²) in [4.78, 5) is 24.9. The molecule has 1 heterocycles. The summed E-state index contributed by atoms with van der Waals surface area (Å²) in [6.07, 6.45) is 1.06. The summed E-state index contributed by atoms with van der Waals surface area (Å²) in [5.41, 5.74) is 1.63. The molecular formula is C13H17N3O4S2. The molecule has 120 valence electrons. The van der Waals surface area contributed by atoms with Gasteiger partial charge in [0.1, 0.15) is 6.54 Å². The van der Waals surface area contributed by atoms with E-state index in [0.717, 1.165) is 11.8 Å². The first kappa shape index (κ1) is 16.6. The third-order valence-electron chi connectivity index (χ3n) is 2.98. The Balaban J connectivity index is 2.04. The highest BCUT2D eigenvalue weighted by atomic mass is 32.2. The molecule has 1 aromatic rings. The third-order valence-corrected chi connectivity index (χ3v) is 4.51. The van der Waals surface area contributed by atoms with E-state index in [0.29, 0.717) is 23.0 Å². The summed E-state index contributed by atoms with van der Waals surface area (Å²) < 4.78 is 25.0. The molecule has 1 aliphatic rings. The Hall–Kier alpha value is -1.74. The lowest BCUT2D eigenvalue weighted by molar-refractivity contribution is -0.130. The van der Waals surface area contributed by atoms with Crippen LogP contribution in [0.25, 0.3) is 0 Å². The van der Waals surface area contributed by atoms with Gasteiger partial charge in [0.05, 0.1) is 23.6 Å². The number of nitrogens with zero attached hydrogens (tertiary/aromatic N) is 1. The summed E-state index contributed by atoms with van der Waals surface area (Å²) in [5.74, 6) is 0.551. The predicted octanol–water partition coefficient (Wildman–Crippen LogP) is 0.838. The molecule has 0 aliphatic carbocycles. The highest BCUT2D eigenvalue weighted by molar-refractivity contribution is 8.00. The van der Waals surface area contributed by atoms with Crippen LogP contribution in [-0.4, -0.2) is 49.6 Å². The monoisotopic (exact) mass is 343 g/mol. The molecule has 1 aromatic carbocycles. The summed E-state index contributed by atoms with van der Waals surface area (Å²) in [6.45, 7) is 1.76. The van der Waals surface area contributed by atoms with E-state index in [4.69, 9.17) is 0 Å². The topological polar surface area (TPSA) is 95.6 Å². The van der Waals surface area contributed by atoms with Gasteiger partial charge in [0.15, 0.2) is 0 Å². The summed E-state index contributed by atoms with van der Waals surface area (Å²) >= 11 is 1.47. The van der Waals surface area contributed by atoms with Gasteiger partial charge in [-0.05, 0) is 24.6 Å². The number of nitrogens with one attached hydrogen (secondary N) is 2. The van der Waals surface area contributed by atoms with Crippen molar-refractivity contribution in [1.82, 2.24) is 4.90 Å². The first-order valence-corrected chi connectivity index (χ1v) is 9.53. The maximum Gasteiger partial charge on any atom is 0.244 e. The molecular weight excluding hydrogens is 326 g/mol. The van der Waals surface area contributed by atoms with E-state index in [-0.39, 0.29) is 18.4 Å². The van der Waals surface area contributed by atoms with Crippen molar-refractivity contribution in [1.29, 1.82) is 0 Å². The van der Waals surface area contributed by atoms with Crippen LogP contribution >= 0.6 is 11.8 Å². The number of amides is 2. The normalized spacial score (nSPS) is 15.0. The minimum absolute atomic E-state index is 0.00541. The third kappa shape index (κ3) is 4.63. The molecule has 7 nitrogen and oxygen atoms in total. The van der Waals surface area contributed by atoms with Crippen LogP contribution in [0, 0.1) is 6.92 Å². The zero-order valence-corrected chi connectivity index (χ0v) is 13.9. The zero-order chi connectivity index (χ0) is 16.3. The Morgan fingerprint density at radius 1 is 1.41 bits per heavy atom. The maximum absolute atomic E-state index is 11.9. The number of sulfonamides is 1. The van der Waals surface area contributed by atoms with Crippen LogP contribution in [0.1, 0.15) is 5.56 Å². The number of hydrogen-bond donors (Lipinski definition) is 2. The van der Waals surface area contributed by atoms with Crippen LogP contribution in [0.15, 0.2) is 18.2 Å². The van der Waals surface area contributed by atoms with Gasteiger partial charge in [-0.1, -0.05) is 6.07 Å². The molecule has 0 aromatic heterocycles. The van der Waals surface area contributed by atoms with Crippen molar-refractivity contribution in [3.05, 3.63) is 23.8 Å². The first-order chi connectivity index (χ1) is 10.2. The quantitative estimate of drug-likeness (QED) is 0.826. The molecule has 0 bridgehead atoms. The number of thioether (sulfide) groups is 1. The van der Waals surface area contributed by atoms with Gasteiger partial charge in [-0.15, -0.1) is 11.8 Å². The van der Waals surface area contributed by atoms with Gasteiger partial charge in [-0.3, -0.25) is 14.3 Å². The molecule has 1 aliphatic heterocycles. The summed E-state index contributed by atoms with van der Waals surface area (Å²) in [7, 11) is -3.39. The highest BCUT2D eigenvalue weighted by Crippen LogP contribution is 2.21. The Kier molecular flexibility index (Phi) is 4.97. The lowest BCUT2D eigenvalue weighted by atomic mass is 10.2. The fourth-order valence-corrected chi connectivity index (χ4v) is 3.45. The standard InChI is InChI=1S/C13H17N3O4S2/c1-9-3-4-10(5-11(9)15-22(2,19)20)14-12(17)6-16-8-21-7-13(16)18/h3-5,15H,6-8H2,1-2H3,(H,14,17). The van der Waals surface area contributed by atoms with Gasteiger partial charge in [-0.25, -0.2) is 8.42 Å². The smallest absolute Gasteiger partial charge is 0.244 e. The number of hydrogen-bond acceptors (Lipinski definition) is 5. The van der Waals surface area contributed by atoms with Crippen LogP contribution in [0.2, 0.25) is 0 Å². The Labute approximate surface area is 133 Å². The van der Waals surface area contributed by atoms with E-state index in [1.807, 2.05) is 0 Å². The molecule has 2 N–H and O–H groups in total. The van der Waals surface area contributed by atoms with Crippen LogP contribution in [0.3, 0.4) is 0 Å². The molecule has 22 heavy (non-hydrogen) atoms. The van der Waals surface area contributed by atoms with Gasteiger partial charge < -0.3 is 10.2 Å². The molecule has 2 rings (SSSR count).